The first-order valence-electron chi connectivity index (χ1n) is 5.40. The fourth-order valence-electron chi connectivity index (χ4n) is 1.46. The van der Waals surface area contributed by atoms with Crippen LogP contribution < -0.4 is 0 Å². The molecule has 0 amide bonds. The summed E-state index contributed by atoms with van der Waals surface area (Å²) in [5, 5.41) is 0. The van der Waals surface area contributed by atoms with E-state index in [1.54, 1.807) is 30.0 Å². The molecule has 0 aliphatic rings. The lowest BCUT2D eigenvalue weighted by Crippen LogP contribution is -2.15. The average Bonchev–Trinajstić information content (AvgIpc) is 2.28. The minimum absolute atomic E-state index is 0.0204. The standard InChI is InChI=1S/C13H17FOS/c1-10(7-8-16-2)13(15)9-11-5-3-4-6-12(11)14/h3-6,10H,7-9H2,1-2H3. The second kappa shape index (κ2) is 6.69. The van der Waals surface area contributed by atoms with Crippen LogP contribution in [0.15, 0.2) is 24.3 Å². The molecule has 0 aromatic heterocycles. The molecule has 0 spiro atoms. The van der Waals surface area contributed by atoms with Crippen molar-refractivity contribution in [2.75, 3.05) is 12.0 Å². The molecule has 0 radical (unpaired) electrons. The Hall–Kier alpha value is -0.830. The minimum Gasteiger partial charge on any atom is -0.299 e. The van der Waals surface area contributed by atoms with Gasteiger partial charge >= 0.3 is 0 Å². The largest absolute Gasteiger partial charge is 0.299 e. The summed E-state index contributed by atoms with van der Waals surface area (Å²) in [6.07, 6.45) is 3.10. The maximum absolute atomic E-state index is 13.3. The molecule has 0 saturated heterocycles. The van der Waals surface area contributed by atoms with Gasteiger partial charge in [-0.05, 0) is 30.1 Å². The molecule has 0 saturated carbocycles. The Kier molecular flexibility index (Phi) is 5.53. The second-order valence-electron chi connectivity index (χ2n) is 3.92. The first-order chi connectivity index (χ1) is 7.65. The van der Waals surface area contributed by atoms with E-state index in [0.29, 0.717) is 5.56 Å². The van der Waals surface area contributed by atoms with Gasteiger partial charge in [-0.1, -0.05) is 25.1 Å². The van der Waals surface area contributed by atoms with E-state index in [0.717, 1.165) is 12.2 Å². The van der Waals surface area contributed by atoms with Crippen LogP contribution in [-0.4, -0.2) is 17.8 Å². The summed E-state index contributed by atoms with van der Waals surface area (Å²) in [6.45, 7) is 1.92. The molecule has 3 heteroatoms. The van der Waals surface area contributed by atoms with Crippen molar-refractivity contribution < 1.29 is 9.18 Å². The zero-order valence-corrected chi connectivity index (χ0v) is 10.5. The van der Waals surface area contributed by atoms with Crippen LogP contribution in [0.1, 0.15) is 18.9 Å². The van der Waals surface area contributed by atoms with Gasteiger partial charge in [-0.25, -0.2) is 4.39 Å². The molecule has 1 aromatic rings. The SMILES string of the molecule is CSCCC(C)C(=O)Cc1ccccc1F. The van der Waals surface area contributed by atoms with Crippen molar-refractivity contribution in [1.82, 2.24) is 0 Å². The molecule has 0 aliphatic carbocycles. The van der Waals surface area contributed by atoms with Crippen LogP contribution in [0.5, 0.6) is 0 Å². The quantitative estimate of drug-likeness (QED) is 0.758. The van der Waals surface area contributed by atoms with Gasteiger partial charge in [0.15, 0.2) is 0 Å². The molecular weight excluding hydrogens is 223 g/mol. The highest BCUT2D eigenvalue weighted by atomic mass is 32.2. The average molecular weight is 240 g/mol. The van der Waals surface area contributed by atoms with Crippen LogP contribution in [0.25, 0.3) is 0 Å². The predicted molar refractivity (Wildman–Crippen MR) is 67.3 cm³/mol. The number of ketones is 1. The monoisotopic (exact) mass is 240 g/mol. The van der Waals surface area contributed by atoms with Gasteiger partial charge in [-0.2, -0.15) is 11.8 Å². The van der Waals surface area contributed by atoms with E-state index >= 15 is 0 Å². The van der Waals surface area contributed by atoms with Crippen molar-refractivity contribution in [1.29, 1.82) is 0 Å². The number of thioether (sulfide) groups is 1. The van der Waals surface area contributed by atoms with Crippen molar-refractivity contribution in [3.8, 4) is 0 Å². The lowest BCUT2D eigenvalue weighted by molar-refractivity contribution is -0.121. The second-order valence-corrected chi connectivity index (χ2v) is 4.90. The topological polar surface area (TPSA) is 17.1 Å². The predicted octanol–water partition coefficient (Wildman–Crippen LogP) is 3.33. The minimum atomic E-state index is -0.284. The van der Waals surface area contributed by atoms with Crippen molar-refractivity contribution in [2.24, 2.45) is 5.92 Å². The van der Waals surface area contributed by atoms with E-state index in [1.165, 1.54) is 6.07 Å². The summed E-state index contributed by atoms with van der Waals surface area (Å²) in [6, 6.07) is 6.47. The number of benzene rings is 1. The molecule has 0 N–H and O–H groups in total. The third kappa shape index (κ3) is 3.97. The lowest BCUT2D eigenvalue weighted by atomic mass is 9.97. The van der Waals surface area contributed by atoms with E-state index in [9.17, 15) is 9.18 Å². The van der Waals surface area contributed by atoms with E-state index in [-0.39, 0.29) is 23.9 Å². The number of rotatable bonds is 6. The number of carbonyl (C=O) groups is 1. The Bertz CT molecular complexity index is 352. The normalized spacial score (nSPS) is 12.4. The number of carbonyl (C=O) groups excluding carboxylic acids is 1. The molecule has 1 aromatic carbocycles. The van der Waals surface area contributed by atoms with Crippen LogP contribution in [0.3, 0.4) is 0 Å². The molecule has 16 heavy (non-hydrogen) atoms. The first-order valence-corrected chi connectivity index (χ1v) is 6.79. The van der Waals surface area contributed by atoms with E-state index < -0.39 is 0 Å². The van der Waals surface area contributed by atoms with Gasteiger partial charge in [-0.3, -0.25) is 4.79 Å². The Morgan fingerprint density at radius 3 is 2.75 bits per heavy atom. The third-order valence-corrected chi connectivity index (χ3v) is 3.27. The fourth-order valence-corrected chi connectivity index (χ4v) is 2.05. The van der Waals surface area contributed by atoms with Crippen LogP contribution >= 0.6 is 11.8 Å². The van der Waals surface area contributed by atoms with Gasteiger partial charge < -0.3 is 0 Å². The number of hydrogen-bond donors (Lipinski definition) is 0. The van der Waals surface area contributed by atoms with Crippen LogP contribution in [0.4, 0.5) is 4.39 Å². The van der Waals surface area contributed by atoms with Crippen molar-refractivity contribution in [2.45, 2.75) is 19.8 Å². The zero-order valence-electron chi connectivity index (χ0n) is 9.70. The van der Waals surface area contributed by atoms with Gasteiger partial charge in [0.05, 0.1) is 0 Å². The van der Waals surface area contributed by atoms with Crippen molar-refractivity contribution >= 4 is 17.5 Å². The molecule has 0 aliphatic heterocycles. The number of Topliss-reactive ketones (excluding diaryl/α,β-unsaturated/α-hetero) is 1. The lowest BCUT2D eigenvalue weighted by Gasteiger charge is -2.09. The van der Waals surface area contributed by atoms with E-state index in [1.807, 2.05) is 13.2 Å². The van der Waals surface area contributed by atoms with Crippen molar-refractivity contribution in [3.63, 3.8) is 0 Å². The summed E-state index contributed by atoms with van der Waals surface area (Å²) >= 11 is 1.73. The zero-order chi connectivity index (χ0) is 12.0. The molecule has 1 unspecified atom stereocenters. The maximum atomic E-state index is 13.3. The summed E-state index contributed by atoms with van der Waals surface area (Å²) in [5.74, 6) is 0.837. The number of hydrogen-bond acceptors (Lipinski definition) is 2. The van der Waals surface area contributed by atoms with Gasteiger partial charge in [-0.15, -0.1) is 0 Å². The first kappa shape index (κ1) is 13.2. The van der Waals surface area contributed by atoms with Crippen LogP contribution in [0, 0.1) is 11.7 Å². The van der Waals surface area contributed by atoms with E-state index in [2.05, 4.69) is 0 Å². The Balaban J connectivity index is 2.54. The van der Waals surface area contributed by atoms with Crippen LogP contribution in [0.2, 0.25) is 0 Å². The molecule has 0 fully saturated rings. The molecule has 0 bridgehead atoms. The smallest absolute Gasteiger partial charge is 0.140 e. The highest BCUT2D eigenvalue weighted by molar-refractivity contribution is 7.98. The Labute approximate surface area is 100 Å². The molecule has 1 rings (SSSR count). The summed E-state index contributed by atoms with van der Waals surface area (Å²) < 4.78 is 13.3. The molecule has 88 valence electrons. The fraction of sp³-hybridized carbons (Fsp3) is 0.462. The highest BCUT2D eigenvalue weighted by Crippen LogP contribution is 2.13. The highest BCUT2D eigenvalue weighted by Gasteiger charge is 2.14. The summed E-state index contributed by atoms with van der Waals surface area (Å²) in [4.78, 5) is 11.8. The van der Waals surface area contributed by atoms with Crippen LogP contribution in [-0.2, 0) is 11.2 Å². The maximum Gasteiger partial charge on any atom is 0.140 e. The third-order valence-electron chi connectivity index (χ3n) is 2.63. The van der Waals surface area contributed by atoms with E-state index in [4.69, 9.17) is 0 Å². The molecule has 1 nitrogen and oxygen atoms in total. The van der Waals surface area contributed by atoms with Gasteiger partial charge in [0.25, 0.3) is 0 Å². The summed E-state index contributed by atoms with van der Waals surface area (Å²) in [5.41, 5.74) is 0.503. The van der Waals surface area contributed by atoms with Gasteiger partial charge in [0.2, 0.25) is 0 Å². The van der Waals surface area contributed by atoms with Crippen molar-refractivity contribution in [3.05, 3.63) is 35.6 Å². The molecular formula is C13H17FOS. The Morgan fingerprint density at radius 2 is 2.12 bits per heavy atom. The molecule has 1 atom stereocenters. The number of halogens is 1. The molecule has 0 heterocycles. The summed E-state index contributed by atoms with van der Waals surface area (Å²) in [7, 11) is 0. The Morgan fingerprint density at radius 1 is 1.44 bits per heavy atom. The van der Waals surface area contributed by atoms with Gasteiger partial charge in [0.1, 0.15) is 11.6 Å². The van der Waals surface area contributed by atoms with Gasteiger partial charge in [0, 0.05) is 12.3 Å².